The number of aromatic nitrogens is 4. The van der Waals surface area contributed by atoms with Crippen LogP contribution < -0.4 is 21.6 Å². The zero-order chi connectivity index (χ0) is 32.5. The molecular formula is C30H26Cl3FN8O3. The molecule has 1 aromatic carbocycles. The lowest BCUT2D eigenvalue weighted by molar-refractivity contribution is -0.128. The quantitative estimate of drug-likeness (QED) is 0.173. The van der Waals surface area contributed by atoms with Gasteiger partial charge in [0.15, 0.2) is 11.5 Å². The van der Waals surface area contributed by atoms with E-state index in [2.05, 4.69) is 21.9 Å². The molecule has 2 aliphatic heterocycles. The number of piperazine rings is 1. The van der Waals surface area contributed by atoms with Gasteiger partial charge in [0.2, 0.25) is 11.8 Å². The van der Waals surface area contributed by atoms with Crippen LogP contribution in [0.2, 0.25) is 15.1 Å². The molecule has 45 heavy (non-hydrogen) atoms. The summed E-state index contributed by atoms with van der Waals surface area (Å²) >= 11 is 19.4. The number of nitrogens with one attached hydrogen (secondary N) is 1. The van der Waals surface area contributed by atoms with Crippen molar-refractivity contribution in [2.75, 3.05) is 35.6 Å². The maximum Gasteiger partial charge on any atom is 0.355 e. The van der Waals surface area contributed by atoms with E-state index in [1.165, 1.54) is 15.5 Å². The van der Waals surface area contributed by atoms with Crippen LogP contribution in [0.5, 0.6) is 0 Å². The van der Waals surface area contributed by atoms with Crippen LogP contribution in [-0.4, -0.2) is 61.9 Å². The molecule has 0 bridgehead atoms. The maximum atomic E-state index is 15.7. The van der Waals surface area contributed by atoms with Crippen LogP contribution in [-0.2, 0) is 9.59 Å². The Morgan fingerprint density at radius 1 is 1.20 bits per heavy atom. The molecule has 0 radical (unpaired) electrons. The van der Waals surface area contributed by atoms with E-state index in [1.54, 1.807) is 17.2 Å². The van der Waals surface area contributed by atoms with Crippen LogP contribution in [0.15, 0.2) is 35.8 Å². The molecule has 3 aromatic heterocycles. The van der Waals surface area contributed by atoms with Gasteiger partial charge in [-0.2, -0.15) is 4.98 Å². The molecule has 1 saturated heterocycles. The van der Waals surface area contributed by atoms with Gasteiger partial charge in [-0.05, 0) is 36.6 Å². The van der Waals surface area contributed by atoms with Crippen LogP contribution in [0.4, 0.5) is 21.6 Å². The highest BCUT2D eigenvalue weighted by Gasteiger charge is 2.40. The average Bonchev–Trinajstić information content (AvgIpc) is 3.12. The van der Waals surface area contributed by atoms with E-state index in [-0.39, 0.29) is 86.0 Å². The van der Waals surface area contributed by atoms with Crippen molar-refractivity contribution in [1.82, 2.24) is 24.4 Å². The van der Waals surface area contributed by atoms with Gasteiger partial charge in [-0.3, -0.25) is 14.6 Å². The fourth-order valence-corrected chi connectivity index (χ4v) is 6.57. The zero-order valence-corrected chi connectivity index (χ0v) is 26.6. The number of aryl methyl sites for hydroxylation is 1. The van der Waals surface area contributed by atoms with E-state index >= 15 is 4.39 Å². The standard InChI is InChI=1S/C30H26Cl3FN8O3/c1-5-17(43)40-8-9-41-16(11-40)29(44)38-25-19-27(41)39-30(45)42(26-13(4)6-7-36-23(26)12(2)3)28(19)37-24(20(25)33)18-21(34)14(31)10-15(32)22(18)35/h5-7,10,12,16H,1,8-9,11,35H2,2-4H3,(H,38,44). The topological polar surface area (TPSA) is 139 Å². The Kier molecular flexibility index (Phi) is 7.70. The predicted molar refractivity (Wildman–Crippen MR) is 173 cm³/mol. The van der Waals surface area contributed by atoms with Gasteiger partial charge >= 0.3 is 5.69 Å². The monoisotopic (exact) mass is 670 g/mol. The summed E-state index contributed by atoms with van der Waals surface area (Å²) in [4.78, 5) is 57.3. The summed E-state index contributed by atoms with van der Waals surface area (Å²) < 4.78 is 17.0. The van der Waals surface area contributed by atoms with Crippen LogP contribution in [0.25, 0.3) is 28.0 Å². The molecule has 6 rings (SSSR count). The van der Waals surface area contributed by atoms with E-state index in [1.807, 2.05) is 20.8 Å². The molecule has 15 heteroatoms. The van der Waals surface area contributed by atoms with Gasteiger partial charge in [-0.25, -0.2) is 18.7 Å². The van der Waals surface area contributed by atoms with E-state index in [9.17, 15) is 14.4 Å². The lowest BCUT2D eigenvalue weighted by Crippen LogP contribution is -2.58. The SMILES string of the molecule is C=CC(=O)N1CCN2c3nc(=O)n(-c4c(C)ccnc4C(C)C)c4nc(-c5c(N)c(Cl)cc(Cl)c5F)c(Cl)c(c34)NC(=O)C2C1. The number of carbonyl (C=O) groups excluding carboxylic acids is 2. The van der Waals surface area contributed by atoms with Gasteiger partial charge in [0.25, 0.3) is 0 Å². The van der Waals surface area contributed by atoms with Crippen LogP contribution >= 0.6 is 34.8 Å². The molecule has 232 valence electrons. The summed E-state index contributed by atoms with van der Waals surface area (Å²) in [5, 5.41) is 2.51. The van der Waals surface area contributed by atoms with Crippen molar-refractivity contribution < 1.29 is 14.0 Å². The number of rotatable bonds is 4. The smallest absolute Gasteiger partial charge is 0.355 e. The zero-order valence-electron chi connectivity index (χ0n) is 24.3. The maximum absolute atomic E-state index is 15.7. The fraction of sp³-hybridized carbons (Fsp3) is 0.267. The van der Waals surface area contributed by atoms with E-state index in [4.69, 9.17) is 45.5 Å². The number of halogens is 4. The first kappa shape index (κ1) is 30.8. The minimum absolute atomic E-state index is 0.0119. The minimum Gasteiger partial charge on any atom is -0.397 e. The first-order valence-electron chi connectivity index (χ1n) is 13.9. The molecule has 1 atom stereocenters. The first-order valence-corrected chi connectivity index (χ1v) is 15.0. The van der Waals surface area contributed by atoms with Crippen molar-refractivity contribution in [2.45, 2.75) is 32.7 Å². The Bertz CT molecular complexity index is 2010. The molecule has 5 heterocycles. The number of fused-ring (bicyclic) bond motifs is 2. The van der Waals surface area contributed by atoms with Crippen molar-refractivity contribution in [2.24, 2.45) is 0 Å². The Labute approximate surface area is 271 Å². The first-order chi connectivity index (χ1) is 21.3. The number of benzene rings is 1. The predicted octanol–water partition coefficient (Wildman–Crippen LogP) is 5.11. The molecule has 2 aliphatic rings. The van der Waals surface area contributed by atoms with Crippen LogP contribution in [0.1, 0.15) is 31.0 Å². The second-order valence-corrected chi connectivity index (χ2v) is 12.2. The summed E-state index contributed by atoms with van der Waals surface area (Å²) in [6.45, 7) is 9.59. The highest BCUT2D eigenvalue weighted by molar-refractivity contribution is 6.40. The second-order valence-electron chi connectivity index (χ2n) is 11.0. The second kappa shape index (κ2) is 11.3. The number of carbonyl (C=O) groups is 2. The summed E-state index contributed by atoms with van der Waals surface area (Å²) in [6.07, 6.45) is 2.80. The largest absolute Gasteiger partial charge is 0.397 e. The summed E-state index contributed by atoms with van der Waals surface area (Å²) in [5.41, 5.74) is 6.55. The molecule has 3 N–H and O–H groups in total. The van der Waals surface area contributed by atoms with Crippen LogP contribution in [0, 0.1) is 12.7 Å². The lowest BCUT2D eigenvalue weighted by Gasteiger charge is -2.39. The highest BCUT2D eigenvalue weighted by Crippen LogP contribution is 2.47. The molecule has 11 nitrogen and oxygen atoms in total. The Morgan fingerprint density at radius 2 is 1.93 bits per heavy atom. The summed E-state index contributed by atoms with van der Waals surface area (Å²) in [6, 6.07) is 1.95. The van der Waals surface area contributed by atoms with Gasteiger partial charge in [-0.15, -0.1) is 0 Å². The van der Waals surface area contributed by atoms with Crippen LogP contribution in [0.3, 0.4) is 0 Å². The van der Waals surface area contributed by atoms with Crippen molar-refractivity contribution >= 4 is 74.8 Å². The molecule has 4 aromatic rings. The number of pyridine rings is 2. The Balaban J connectivity index is 1.77. The fourth-order valence-electron chi connectivity index (χ4n) is 5.83. The summed E-state index contributed by atoms with van der Waals surface area (Å²) in [5.74, 6) is -1.83. The number of nitrogens with zero attached hydrogens (tertiary/aromatic N) is 6. The van der Waals surface area contributed by atoms with Gasteiger partial charge in [0, 0.05) is 19.3 Å². The minimum atomic E-state index is -0.950. The van der Waals surface area contributed by atoms with Crippen molar-refractivity contribution in [3.05, 3.63) is 73.6 Å². The van der Waals surface area contributed by atoms with Crippen molar-refractivity contribution in [1.29, 1.82) is 0 Å². The molecule has 1 unspecified atom stereocenters. The average molecular weight is 672 g/mol. The number of anilines is 3. The van der Waals surface area contributed by atoms with E-state index in [0.29, 0.717) is 16.9 Å². The normalized spacial score (nSPS) is 16.1. The third kappa shape index (κ3) is 4.79. The Morgan fingerprint density at radius 3 is 2.62 bits per heavy atom. The van der Waals surface area contributed by atoms with Gasteiger partial charge in [0.05, 0.1) is 61.0 Å². The number of nitrogens with two attached hydrogens (primary N) is 1. The molecule has 0 saturated carbocycles. The third-order valence-electron chi connectivity index (χ3n) is 8.01. The third-order valence-corrected chi connectivity index (χ3v) is 8.96. The molecule has 2 amide bonds. The Hall–Kier alpha value is -4.26. The van der Waals surface area contributed by atoms with Crippen molar-refractivity contribution in [3.63, 3.8) is 0 Å². The van der Waals surface area contributed by atoms with Gasteiger partial charge in [-0.1, -0.05) is 55.2 Å². The van der Waals surface area contributed by atoms with Crippen molar-refractivity contribution in [3.8, 4) is 16.9 Å². The van der Waals surface area contributed by atoms with E-state index in [0.717, 1.165) is 6.07 Å². The van der Waals surface area contributed by atoms with Gasteiger partial charge < -0.3 is 20.9 Å². The molecule has 0 aliphatic carbocycles. The summed E-state index contributed by atoms with van der Waals surface area (Å²) in [7, 11) is 0. The number of amides is 2. The number of nitrogen functional groups attached to an aromatic ring is 1. The molecule has 0 spiro atoms. The number of hydrogen-bond acceptors (Lipinski definition) is 8. The molecular weight excluding hydrogens is 646 g/mol. The highest BCUT2D eigenvalue weighted by atomic mass is 35.5. The number of hydrogen-bond donors (Lipinski definition) is 2. The van der Waals surface area contributed by atoms with Gasteiger partial charge in [0.1, 0.15) is 11.9 Å². The van der Waals surface area contributed by atoms with E-state index < -0.39 is 23.5 Å². The molecule has 1 fully saturated rings. The lowest BCUT2D eigenvalue weighted by atomic mass is 10.0.